The van der Waals surface area contributed by atoms with E-state index in [1.54, 1.807) is 43.0 Å². The van der Waals surface area contributed by atoms with Crippen LogP contribution in [0.3, 0.4) is 0 Å². The van der Waals surface area contributed by atoms with Gasteiger partial charge in [0.25, 0.3) is 0 Å². The quantitative estimate of drug-likeness (QED) is 0.754. The Hall–Kier alpha value is -2.61. The monoisotopic (exact) mass is 433 g/mol. The first kappa shape index (κ1) is 21.6. The van der Waals surface area contributed by atoms with Crippen molar-refractivity contribution in [3.63, 3.8) is 0 Å². The van der Waals surface area contributed by atoms with E-state index in [-0.39, 0.29) is 18.4 Å². The maximum atomic E-state index is 13.4. The number of benzene rings is 1. The highest BCUT2D eigenvalue weighted by atomic mass is 19.4. The minimum Gasteiger partial charge on any atom is -0.385 e. The first-order valence-corrected chi connectivity index (χ1v) is 10.5. The van der Waals surface area contributed by atoms with E-state index in [1.807, 2.05) is 6.07 Å². The smallest absolute Gasteiger partial charge is 0.385 e. The Labute approximate surface area is 179 Å². The van der Waals surface area contributed by atoms with Gasteiger partial charge in [0.15, 0.2) is 0 Å². The maximum absolute atomic E-state index is 13.4. The summed E-state index contributed by atoms with van der Waals surface area (Å²) < 4.78 is 40.2. The number of halogens is 3. The van der Waals surface area contributed by atoms with Crippen LogP contribution in [0.5, 0.6) is 0 Å². The molecule has 5 nitrogen and oxygen atoms in total. The van der Waals surface area contributed by atoms with Gasteiger partial charge in [0.1, 0.15) is 0 Å². The number of carbonyl (C=O) groups is 1. The highest BCUT2D eigenvalue weighted by Gasteiger charge is 2.45. The van der Waals surface area contributed by atoms with Crippen molar-refractivity contribution < 1.29 is 23.1 Å². The third-order valence-electron chi connectivity index (χ3n) is 6.23. The van der Waals surface area contributed by atoms with E-state index in [1.165, 1.54) is 6.08 Å². The van der Waals surface area contributed by atoms with Crippen LogP contribution >= 0.6 is 0 Å². The second-order valence-electron chi connectivity index (χ2n) is 8.77. The Kier molecular flexibility index (Phi) is 5.45. The van der Waals surface area contributed by atoms with Gasteiger partial charge in [-0.3, -0.25) is 10.1 Å². The number of hydrogen-bond donors (Lipinski definition) is 2. The van der Waals surface area contributed by atoms with Crippen LogP contribution in [0.1, 0.15) is 45.1 Å². The largest absolute Gasteiger partial charge is 0.416 e. The van der Waals surface area contributed by atoms with E-state index in [2.05, 4.69) is 10.3 Å². The number of nitrogens with one attached hydrogen (secondary N) is 1. The molecule has 0 bridgehead atoms. The van der Waals surface area contributed by atoms with E-state index < -0.39 is 35.2 Å². The lowest BCUT2D eigenvalue weighted by Gasteiger charge is -2.39. The predicted molar refractivity (Wildman–Crippen MR) is 111 cm³/mol. The van der Waals surface area contributed by atoms with Crippen LogP contribution in [0.4, 0.5) is 13.2 Å². The highest BCUT2D eigenvalue weighted by molar-refractivity contribution is 5.99. The number of amides is 1. The van der Waals surface area contributed by atoms with Crippen molar-refractivity contribution in [2.45, 2.75) is 63.4 Å². The lowest BCUT2D eigenvalue weighted by molar-refractivity contribution is -0.124. The van der Waals surface area contributed by atoms with Crippen LogP contribution < -0.4 is 5.32 Å². The van der Waals surface area contributed by atoms with Crippen LogP contribution in [-0.4, -0.2) is 40.1 Å². The van der Waals surface area contributed by atoms with Gasteiger partial charge in [0.2, 0.25) is 11.9 Å². The van der Waals surface area contributed by atoms with E-state index in [0.29, 0.717) is 11.3 Å². The molecule has 1 saturated carbocycles. The number of alkyl halides is 3. The van der Waals surface area contributed by atoms with Crippen molar-refractivity contribution in [2.75, 3.05) is 0 Å². The Bertz CT molecular complexity index is 947. The number of nitrogens with zero attached hydrogens (tertiary/aromatic N) is 2. The molecule has 0 saturated heterocycles. The first-order chi connectivity index (χ1) is 14.6. The fraction of sp³-hybridized carbons (Fsp3) is 0.478. The Morgan fingerprint density at radius 3 is 2.52 bits per heavy atom. The number of aliphatic imine (C=N–C) groups is 1. The zero-order valence-corrected chi connectivity index (χ0v) is 17.5. The zero-order valence-electron chi connectivity index (χ0n) is 17.5. The average molecular weight is 433 g/mol. The van der Waals surface area contributed by atoms with Gasteiger partial charge in [0, 0.05) is 17.7 Å². The molecule has 0 spiro atoms. The van der Waals surface area contributed by atoms with Gasteiger partial charge in [-0.2, -0.15) is 13.2 Å². The molecule has 1 aromatic carbocycles. The first-order valence-electron chi connectivity index (χ1n) is 10.5. The van der Waals surface area contributed by atoms with Crippen molar-refractivity contribution in [1.29, 1.82) is 0 Å². The van der Waals surface area contributed by atoms with Crippen LogP contribution in [0.2, 0.25) is 0 Å². The number of hydrogen-bond acceptors (Lipinski definition) is 4. The minimum atomic E-state index is -4.43. The van der Waals surface area contributed by atoms with E-state index in [4.69, 9.17) is 0 Å². The van der Waals surface area contributed by atoms with Crippen molar-refractivity contribution in [2.24, 2.45) is 10.9 Å². The molecule has 1 aromatic rings. The number of aliphatic hydroxyl groups is 1. The molecule has 3 aliphatic rings. The number of carbonyl (C=O) groups excluding carboxylic acids is 1. The lowest BCUT2D eigenvalue weighted by atomic mass is 9.87. The van der Waals surface area contributed by atoms with Crippen molar-refractivity contribution in [3.05, 3.63) is 59.3 Å². The molecule has 1 amide bonds. The molecule has 1 heterocycles. The number of guanidine groups is 1. The fourth-order valence-electron chi connectivity index (χ4n) is 4.33. The van der Waals surface area contributed by atoms with Gasteiger partial charge in [-0.25, -0.2) is 4.99 Å². The van der Waals surface area contributed by atoms with Crippen molar-refractivity contribution in [1.82, 2.24) is 10.2 Å². The molecule has 2 aliphatic carbocycles. The Balaban J connectivity index is 1.56. The molecule has 3 atom stereocenters. The summed E-state index contributed by atoms with van der Waals surface area (Å²) in [6.07, 6.45) is 0.381. The third kappa shape index (κ3) is 4.26. The molecule has 31 heavy (non-hydrogen) atoms. The highest BCUT2D eigenvalue weighted by Crippen LogP contribution is 2.41. The summed E-state index contributed by atoms with van der Waals surface area (Å²) in [6.45, 7) is 3.27. The normalized spacial score (nSPS) is 25.6. The molecular formula is C23H26F3N3O2. The minimum absolute atomic E-state index is 0.0183. The molecule has 1 aliphatic heterocycles. The standard InChI is InChI=1S/C23H26F3N3O2/c1-14-11-16(23(24,25)26)12-18-20(14)28-21(29(18)17-9-6-10-17)27-19(30)13-22(2,31)15-7-4-3-5-8-15/h3-5,7-8,11-12,14,17,20,31H,6,9-10,13H2,1-2H3,(H,27,28,30). The van der Waals surface area contributed by atoms with Crippen LogP contribution in [0.25, 0.3) is 0 Å². The number of allylic oxidation sites excluding steroid dienone is 2. The zero-order chi connectivity index (χ0) is 22.4. The summed E-state index contributed by atoms with van der Waals surface area (Å²) in [7, 11) is 0. The summed E-state index contributed by atoms with van der Waals surface area (Å²) >= 11 is 0. The van der Waals surface area contributed by atoms with Crippen molar-refractivity contribution in [3.8, 4) is 0 Å². The van der Waals surface area contributed by atoms with Gasteiger partial charge in [-0.05, 0) is 37.8 Å². The Morgan fingerprint density at radius 1 is 1.26 bits per heavy atom. The SMILES string of the molecule is CC1C=C(C(F)(F)F)C=C2C1N=C(NC(=O)CC(C)(O)c1ccccc1)N2C1CCC1. The molecular weight excluding hydrogens is 407 g/mol. The molecule has 1 fully saturated rings. The van der Waals surface area contributed by atoms with Crippen LogP contribution in [0, 0.1) is 5.92 Å². The molecule has 8 heteroatoms. The molecule has 2 N–H and O–H groups in total. The van der Waals surface area contributed by atoms with Gasteiger partial charge in [-0.1, -0.05) is 43.3 Å². The second-order valence-corrected chi connectivity index (χ2v) is 8.77. The second kappa shape index (κ2) is 7.82. The summed E-state index contributed by atoms with van der Waals surface area (Å²) in [5.41, 5.74) is -0.961. The lowest BCUT2D eigenvalue weighted by Crippen LogP contribution is -2.49. The maximum Gasteiger partial charge on any atom is 0.416 e. The average Bonchev–Trinajstić information content (AvgIpc) is 2.98. The summed E-state index contributed by atoms with van der Waals surface area (Å²) in [6, 6.07) is 8.43. The van der Waals surface area contributed by atoms with Gasteiger partial charge < -0.3 is 10.0 Å². The molecule has 3 unspecified atom stereocenters. The van der Waals surface area contributed by atoms with Gasteiger partial charge in [0.05, 0.1) is 23.6 Å². The van der Waals surface area contributed by atoms with Gasteiger partial charge in [-0.15, -0.1) is 0 Å². The van der Waals surface area contributed by atoms with E-state index in [0.717, 1.165) is 25.3 Å². The molecule has 0 radical (unpaired) electrons. The number of rotatable bonds is 4. The Morgan fingerprint density at radius 2 is 1.94 bits per heavy atom. The van der Waals surface area contributed by atoms with Crippen molar-refractivity contribution >= 4 is 11.9 Å². The molecule has 4 rings (SSSR count). The summed E-state index contributed by atoms with van der Waals surface area (Å²) in [5.74, 6) is -0.604. The fourth-order valence-corrected chi connectivity index (χ4v) is 4.33. The van der Waals surface area contributed by atoms with E-state index >= 15 is 0 Å². The third-order valence-corrected chi connectivity index (χ3v) is 6.23. The topological polar surface area (TPSA) is 64.9 Å². The van der Waals surface area contributed by atoms with Gasteiger partial charge >= 0.3 is 6.18 Å². The number of fused-ring (bicyclic) bond motifs is 1. The van der Waals surface area contributed by atoms with E-state index in [9.17, 15) is 23.1 Å². The summed E-state index contributed by atoms with van der Waals surface area (Å²) in [5, 5.41) is 13.5. The summed E-state index contributed by atoms with van der Waals surface area (Å²) in [4.78, 5) is 19.1. The molecule has 0 aromatic heterocycles. The predicted octanol–water partition coefficient (Wildman–Crippen LogP) is 4.02. The van der Waals surface area contributed by atoms with Crippen LogP contribution in [-0.2, 0) is 10.4 Å². The van der Waals surface area contributed by atoms with Crippen LogP contribution in [0.15, 0.2) is 58.7 Å². The molecule has 166 valence electrons.